The molecule has 1 atom stereocenters. The Hall–Kier alpha value is -0.930. The summed E-state index contributed by atoms with van der Waals surface area (Å²) >= 11 is 0. The Morgan fingerprint density at radius 3 is 2.20 bits per heavy atom. The van der Waals surface area contributed by atoms with Crippen molar-refractivity contribution in [2.45, 2.75) is 59.5 Å². The molecule has 20 heavy (non-hydrogen) atoms. The van der Waals surface area contributed by atoms with Crippen LogP contribution in [0.1, 0.15) is 41.5 Å². The van der Waals surface area contributed by atoms with Crippen LogP contribution in [0.25, 0.3) is 0 Å². The molecule has 0 aliphatic carbocycles. The molecular formula is C12H26N2O6. The lowest BCUT2D eigenvalue weighted by Crippen LogP contribution is -2.48. The Kier molecular flexibility index (Phi) is 7.99. The van der Waals surface area contributed by atoms with Crippen molar-refractivity contribution in [3.63, 3.8) is 0 Å². The number of ether oxygens (including phenoxy) is 2. The van der Waals surface area contributed by atoms with Gasteiger partial charge in [0.2, 0.25) is 6.29 Å². The number of aliphatic hydroxyl groups excluding tert-OH is 1. The fourth-order valence-electron chi connectivity index (χ4n) is 1.27. The van der Waals surface area contributed by atoms with E-state index in [-0.39, 0.29) is 19.2 Å². The molecule has 1 unspecified atom stereocenters. The molecular weight excluding hydrogens is 268 g/mol. The smallest absolute Gasteiger partial charge is 0.429 e. The third kappa shape index (κ3) is 8.28. The van der Waals surface area contributed by atoms with E-state index in [0.717, 1.165) is 0 Å². The largest absolute Gasteiger partial charge is 0.511 e. The summed E-state index contributed by atoms with van der Waals surface area (Å²) in [4.78, 5) is 16.4. The zero-order chi connectivity index (χ0) is 15.9. The molecule has 0 aromatic rings. The number of hydrazine groups is 1. The van der Waals surface area contributed by atoms with Gasteiger partial charge in [-0.1, -0.05) is 0 Å². The SMILES string of the molecule is CC(OC(=O)OC(C)(C)C)ON(O)N(CCO)C(C)C. The van der Waals surface area contributed by atoms with Crippen LogP contribution in [0, 0.1) is 0 Å². The van der Waals surface area contributed by atoms with Crippen molar-refractivity contribution in [2.75, 3.05) is 13.2 Å². The number of carbonyl (C=O) groups is 1. The number of hydrogen-bond acceptors (Lipinski definition) is 8. The van der Waals surface area contributed by atoms with Crippen LogP contribution in [-0.4, -0.2) is 57.9 Å². The van der Waals surface area contributed by atoms with Crippen LogP contribution in [0.5, 0.6) is 0 Å². The predicted molar refractivity (Wildman–Crippen MR) is 70.4 cm³/mol. The van der Waals surface area contributed by atoms with Gasteiger partial charge in [0.15, 0.2) is 0 Å². The molecule has 0 saturated heterocycles. The van der Waals surface area contributed by atoms with Gasteiger partial charge in [-0.05, 0) is 34.6 Å². The van der Waals surface area contributed by atoms with E-state index in [9.17, 15) is 10.0 Å². The van der Waals surface area contributed by atoms with E-state index in [1.54, 1.807) is 20.8 Å². The second-order valence-corrected chi connectivity index (χ2v) is 5.49. The highest BCUT2D eigenvalue weighted by molar-refractivity contribution is 5.60. The van der Waals surface area contributed by atoms with Crippen molar-refractivity contribution in [1.29, 1.82) is 0 Å². The molecule has 0 bridgehead atoms. The first kappa shape index (κ1) is 19.1. The van der Waals surface area contributed by atoms with Crippen molar-refractivity contribution < 1.29 is 29.4 Å². The first-order valence-electron chi connectivity index (χ1n) is 6.49. The number of rotatable bonds is 7. The lowest BCUT2D eigenvalue weighted by molar-refractivity contribution is -0.479. The van der Waals surface area contributed by atoms with Crippen LogP contribution < -0.4 is 0 Å². The third-order valence-corrected chi connectivity index (χ3v) is 2.04. The van der Waals surface area contributed by atoms with E-state index in [0.29, 0.717) is 5.34 Å². The molecule has 8 heteroatoms. The molecule has 0 fully saturated rings. The minimum atomic E-state index is -1.05. The van der Waals surface area contributed by atoms with Crippen LogP contribution in [-0.2, 0) is 14.3 Å². The molecule has 8 nitrogen and oxygen atoms in total. The highest BCUT2D eigenvalue weighted by Gasteiger charge is 2.24. The van der Waals surface area contributed by atoms with Gasteiger partial charge in [0.05, 0.1) is 6.61 Å². The highest BCUT2D eigenvalue weighted by Crippen LogP contribution is 2.11. The molecule has 0 aliphatic rings. The van der Waals surface area contributed by atoms with E-state index in [4.69, 9.17) is 19.4 Å². The summed E-state index contributed by atoms with van der Waals surface area (Å²) in [6.45, 7) is 10.2. The third-order valence-electron chi connectivity index (χ3n) is 2.04. The zero-order valence-corrected chi connectivity index (χ0v) is 13.0. The van der Waals surface area contributed by atoms with E-state index in [1.165, 1.54) is 11.9 Å². The molecule has 0 saturated carbocycles. The molecule has 0 radical (unpaired) electrons. The van der Waals surface area contributed by atoms with Crippen molar-refractivity contribution in [3.05, 3.63) is 0 Å². The predicted octanol–water partition coefficient (Wildman–Crippen LogP) is 1.52. The molecule has 0 rings (SSSR count). The van der Waals surface area contributed by atoms with Crippen molar-refractivity contribution in [3.8, 4) is 0 Å². The van der Waals surface area contributed by atoms with E-state index >= 15 is 0 Å². The highest BCUT2D eigenvalue weighted by atomic mass is 17.0. The van der Waals surface area contributed by atoms with Gasteiger partial charge in [0, 0.05) is 24.8 Å². The zero-order valence-electron chi connectivity index (χ0n) is 13.0. The molecule has 0 aromatic heterocycles. The summed E-state index contributed by atoms with van der Waals surface area (Å²) in [7, 11) is 0. The fourth-order valence-corrected chi connectivity index (χ4v) is 1.27. The van der Waals surface area contributed by atoms with Crippen LogP contribution in [0.3, 0.4) is 0 Å². The van der Waals surface area contributed by atoms with Crippen molar-refractivity contribution >= 4 is 6.16 Å². The van der Waals surface area contributed by atoms with Gasteiger partial charge in [0.1, 0.15) is 5.60 Å². The summed E-state index contributed by atoms with van der Waals surface area (Å²) in [5.41, 5.74) is -0.670. The summed E-state index contributed by atoms with van der Waals surface area (Å²) in [5.74, 6) is 0. The Bertz CT molecular complexity index is 292. The lowest BCUT2D eigenvalue weighted by Gasteiger charge is -2.32. The van der Waals surface area contributed by atoms with Gasteiger partial charge < -0.3 is 14.6 Å². The van der Waals surface area contributed by atoms with E-state index in [1.807, 2.05) is 13.8 Å². The lowest BCUT2D eigenvalue weighted by atomic mass is 10.2. The minimum absolute atomic E-state index is 0.110. The van der Waals surface area contributed by atoms with Crippen LogP contribution >= 0.6 is 0 Å². The van der Waals surface area contributed by atoms with Gasteiger partial charge in [-0.3, -0.25) is 5.21 Å². The average molecular weight is 294 g/mol. The monoisotopic (exact) mass is 294 g/mol. The van der Waals surface area contributed by atoms with Gasteiger partial charge in [0.25, 0.3) is 0 Å². The minimum Gasteiger partial charge on any atom is -0.429 e. The summed E-state index contributed by atoms with van der Waals surface area (Å²) in [5, 5.41) is 20.4. The molecule has 120 valence electrons. The molecule has 0 aromatic carbocycles. The Labute approximate surface area is 119 Å². The number of nitrogens with zero attached hydrogens (tertiary/aromatic N) is 2. The van der Waals surface area contributed by atoms with Crippen LogP contribution in [0.15, 0.2) is 0 Å². The van der Waals surface area contributed by atoms with Crippen molar-refractivity contribution in [2.24, 2.45) is 0 Å². The fraction of sp³-hybridized carbons (Fsp3) is 0.917. The summed E-state index contributed by atoms with van der Waals surface area (Å²) < 4.78 is 9.78. The maximum absolute atomic E-state index is 11.4. The second-order valence-electron chi connectivity index (χ2n) is 5.49. The normalized spacial score (nSPS) is 13.9. The number of carbonyl (C=O) groups excluding carboxylic acids is 1. The summed E-state index contributed by atoms with van der Waals surface area (Å²) in [6.07, 6.45) is -1.94. The van der Waals surface area contributed by atoms with Crippen LogP contribution in [0.2, 0.25) is 0 Å². The van der Waals surface area contributed by atoms with Gasteiger partial charge >= 0.3 is 6.16 Å². The topological polar surface area (TPSA) is 91.7 Å². The van der Waals surface area contributed by atoms with Gasteiger partial charge in [-0.2, -0.15) is 5.01 Å². The number of hydrogen-bond donors (Lipinski definition) is 2. The number of aliphatic hydroxyl groups is 1. The van der Waals surface area contributed by atoms with Gasteiger partial charge in [-0.25, -0.2) is 9.63 Å². The molecule has 0 amide bonds. The maximum Gasteiger partial charge on any atom is 0.511 e. The first-order valence-corrected chi connectivity index (χ1v) is 6.49. The molecule has 0 heterocycles. The Balaban J connectivity index is 4.30. The van der Waals surface area contributed by atoms with E-state index < -0.39 is 18.0 Å². The molecule has 2 N–H and O–H groups in total. The average Bonchev–Trinajstić information content (AvgIpc) is 2.21. The molecule has 0 spiro atoms. The quantitative estimate of drug-likeness (QED) is 0.415. The molecule has 0 aliphatic heterocycles. The first-order chi connectivity index (χ1) is 9.06. The Morgan fingerprint density at radius 1 is 1.25 bits per heavy atom. The summed E-state index contributed by atoms with van der Waals surface area (Å²) in [6, 6.07) is -0.110. The Morgan fingerprint density at radius 2 is 1.80 bits per heavy atom. The van der Waals surface area contributed by atoms with Crippen LogP contribution in [0.4, 0.5) is 4.79 Å². The second kappa shape index (κ2) is 8.38. The maximum atomic E-state index is 11.4. The van der Waals surface area contributed by atoms with E-state index in [2.05, 4.69) is 0 Å². The standard InChI is InChI=1S/C12H26N2O6/c1-9(2)13(7-8-15)14(17)20-10(3)18-11(16)19-12(4,5)6/h9-10,15,17H,7-8H2,1-6H3. The van der Waals surface area contributed by atoms with Crippen molar-refractivity contribution in [1.82, 2.24) is 10.3 Å². The van der Waals surface area contributed by atoms with Gasteiger partial charge in [-0.15, -0.1) is 0 Å².